The molecular weight excluding hydrogens is 485 g/mol. The Labute approximate surface area is 209 Å². The number of hydrogen-bond acceptors (Lipinski definition) is 5. The van der Waals surface area contributed by atoms with Crippen LogP contribution < -0.4 is 4.90 Å². The fraction of sp³-hybridized carbons (Fsp3) is 0.708. The molecule has 1 N–H and O–H groups in total. The van der Waals surface area contributed by atoms with Gasteiger partial charge < -0.3 is 19.8 Å². The van der Waals surface area contributed by atoms with Gasteiger partial charge in [-0.1, -0.05) is 25.4 Å². The number of anilines is 1. The molecule has 0 radical (unpaired) electrons. The molecule has 7 nitrogen and oxygen atoms in total. The van der Waals surface area contributed by atoms with Crippen LogP contribution >= 0.6 is 11.6 Å². The highest BCUT2D eigenvalue weighted by atomic mass is 35.5. The Kier molecular flexibility index (Phi) is 8.26. The van der Waals surface area contributed by atoms with Gasteiger partial charge in [0.15, 0.2) is 0 Å². The first-order valence-electron chi connectivity index (χ1n) is 12.0. The van der Waals surface area contributed by atoms with Crippen LogP contribution in [0.5, 0.6) is 0 Å². The number of rotatable bonds is 5. The molecule has 0 spiro atoms. The second kappa shape index (κ2) is 10.5. The number of nitrogens with zero attached hydrogens (tertiary/aromatic N) is 4. The molecule has 196 valence electrons. The van der Waals surface area contributed by atoms with E-state index in [0.29, 0.717) is 36.1 Å². The number of likely N-dealkylation sites (tertiary alicyclic amines) is 1. The van der Waals surface area contributed by atoms with Gasteiger partial charge in [-0.15, -0.1) is 0 Å². The number of pyridine rings is 1. The quantitative estimate of drug-likeness (QED) is 0.599. The van der Waals surface area contributed by atoms with Crippen LogP contribution in [0.4, 0.5) is 19.0 Å². The fourth-order valence-electron chi connectivity index (χ4n) is 5.11. The summed E-state index contributed by atoms with van der Waals surface area (Å²) in [7, 11) is 3.30. The van der Waals surface area contributed by atoms with E-state index in [-0.39, 0.29) is 24.1 Å². The Hall–Kier alpha value is -2.07. The molecule has 2 aliphatic heterocycles. The summed E-state index contributed by atoms with van der Waals surface area (Å²) in [5.74, 6) is -1.29. The number of halogens is 4. The highest BCUT2D eigenvalue weighted by molar-refractivity contribution is 6.32. The molecule has 1 atom stereocenters. The third kappa shape index (κ3) is 5.53. The Morgan fingerprint density at radius 2 is 1.57 bits per heavy atom. The van der Waals surface area contributed by atoms with Crippen LogP contribution in [0.25, 0.3) is 0 Å². The molecule has 0 saturated carbocycles. The van der Waals surface area contributed by atoms with Gasteiger partial charge in [0.1, 0.15) is 11.0 Å². The first kappa shape index (κ1) is 27.5. The number of aliphatic hydroxyl groups is 1. The van der Waals surface area contributed by atoms with E-state index < -0.39 is 23.6 Å². The van der Waals surface area contributed by atoms with Gasteiger partial charge in [0.2, 0.25) is 5.60 Å². The number of amides is 2. The molecule has 11 heteroatoms. The smallest absolute Gasteiger partial charge is 0.372 e. The molecule has 3 rings (SSSR count). The second-order valence-electron chi connectivity index (χ2n) is 10.1. The third-order valence-electron chi connectivity index (χ3n) is 7.42. The van der Waals surface area contributed by atoms with Crippen molar-refractivity contribution in [2.24, 2.45) is 17.8 Å². The minimum absolute atomic E-state index is 0.167. The molecule has 1 aromatic heterocycles. The zero-order valence-corrected chi connectivity index (χ0v) is 21.4. The number of hydrogen-bond donors (Lipinski definition) is 1. The van der Waals surface area contributed by atoms with Gasteiger partial charge in [-0.3, -0.25) is 9.59 Å². The Balaban J connectivity index is 1.55. The summed E-state index contributed by atoms with van der Waals surface area (Å²) in [5, 5.41) is 10.4. The van der Waals surface area contributed by atoms with E-state index >= 15 is 0 Å². The van der Waals surface area contributed by atoms with Gasteiger partial charge >= 0.3 is 6.18 Å². The normalized spacial score (nSPS) is 20.2. The molecule has 2 amide bonds. The number of carbonyl (C=O) groups excluding carboxylic acids is 2. The van der Waals surface area contributed by atoms with Crippen molar-refractivity contribution in [3.63, 3.8) is 0 Å². The Morgan fingerprint density at radius 1 is 1.06 bits per heavy atom. The van der Waals surface area contributed by atoms with Crippen molar-refractivity contribution in [2.75, 3.05) is 45.2 Å². The van der Waals surface area contributed by atoms with Crippen molar-refractivity contribution in [2.45, 2.75) is 51.3 Å². The predicted octanol–water partition coefficient (Wildman–Crippen LogP) is 3.84. The van der Waals surface area contributed by atoms with Crippen LogP contribution in [0, 0.1) is 17.8 Å². The Morgan fingerprint density at radius 3 is 2.00 bits per heavy atom. The van der Waals surface area contributed by atoms with Gasteiger partial charge in [-0.05, 0) is 49.7 Å². The summed E-state index contributed by atoms with van der Waals surface area (Å²) >= 11 is 6.25. The largest absolute Gasteiger partial charge is 0.426 e. The van der Waals surface area contributed by atoms with Crippen molar-refractivity contribution in [1.29, 1.82) is 0 Å². The van der Waals surface area contributed by atoms with Crippen LogP contribution in [0.15, 0.2) is 12.1 Å². The topological polar surface area (TPSA) is 77.0 Å². The summed E-state index contributed by atoms with van der Waals surface area (Å²) in [6, 6.07) is 3.48. The second-order valence-corrected chi connectivity index (χ2v) is 10.4. The summed E-state index contributed by atoms with van der Waals surface area (Å²) in [5.41, 5.74) is -3.00. The number of alkyl halides is 3. The van der Waals surface area contributed by atoms with Crippen molar-refractivity contribution in [3.05, 3.63) is 22.8 Å². The van der Waals surface area contributed by atoms with E-state index in [2.05, 4.69) is 9.88 Å². The third-order valence-corrected chi connectivity index (χ3v) is 7.71. The van der Waals surface area contributed by atoms with Gasteiger partial charge in [0.05, 0.1) is 5.56 Å². The van der Waals surface area contributed by atoms with E-state index in [1.54, 1.807) is 26.2 Å². The monoisotopic (exact) mass is 518 g/mol. The average Bonchev–Trinajstić information content (AvgIpc) is 2.81. The molecule has 1 unspecified atom stereocenters. The first-order valence-corrected chi connectivity index (χ1v) is 12.4. The van der Waals surface area contributed by atoms with Gasteiger partial charge in [-0.2, -0.15) is 13.2 Å². The maximum atomic E-state index is 13.5. The minimum atomic E-state index is -5.02. The lowest BCUT2D eigenvalue weighted by molar-refractivity contribution is -0.270. The zero-order chi connectivity index (χ0) is 26.1. The summed E-state index contributed by atoms with van der Waals surface area (Å²) in [4.78, 5) is 33.9. The summed E-state index contributed by atoms with van der Waals surface area (Å²) in [6.07, 6.45) is -1.98. The standard InChI is InChI=1S/C24H34ClF3N4O3/c1-15(2)23(35,24(26,27)28)22(34)32-13-9-17(10-14-32)16-7-11-31(12-8-16)19-6-5-18(20(25)29-19)21(33)30(3)4/h5-6,15-17,35H,7-14H2,1-4H3. The van der Waals surface area contributed by atoms with Gasteiger partial charge in [0, 0.05) is 46.2 Å². The van der Waals surface area contributed by atoms with Gasteiger partial charge in [-0.25, -0.2) is 4.98 Å². The molecule has 3 heterocycles. The molecule has 0 bridgehead atoms. The molecule has 35 heavy (non-hydrogen) atoms. The number of carbonyl (C=O) groups is 2. The first-order chi connectivity index (χ1) is 16.3. The molecule has 0 aromatic carbocycles. The molecule has 0 aliphatic carbocycles. The maximum absolute atomic E-state index is 13.5. The minimum Gasteiger partial charge on any atom is -0.372 e. The Bertz CT molecular complexity index is 927. The van der Waals surface area contributed by atoms with E-state index in [1.165, 1.54) is 23.6 Å². The molecule has 2 saturated heterocycles. The van der Waals surface area contributed by atoms with Crippen LogP contribution in [-0.4, -0.2) is 83.8 Å². The van der Waals surface area contributed by atoms with E-state index in [0.717, 1.165) is 25.9 Å². The van der Waals surface area contributed by atoms with Crippen LogP contribution in [-0.2, 0) is 4.79 Å². The van der Waals surface area contributed by atoms with Crippen LogP contribution in [0.3, 0.4) is 0 Å². The summed E-state index contributed by atoms with van der Waals surface area (Å²) in [6.45, 7) is 4.37. The fourth-order valence-corrected chi connectivity index (χ4v) is 5.34. The molecular formula is C24H34ClF3N4O3. The van der Waals surface area contributed by atoms with Crippen LogP contribution in [0.2, 0.25) is 5.15 Å². The van der Waals surface area contributed by atoms with E-state index in [1.807, 2.05) is 0 Å². The number of aromatic nitrogens is 1. The van der Waals surface area contributed by atoms with Gasteiger partial charge in [0.25, 0.3) is 11.8 Å². The SMILES string of the molecule is CC(C)C(O)(C(=O)N1CCC(C2CCN(c3ccc(C(=O)N(C)C)c(Cl)n3)CC2)CC1)C(F)(F)F. The van der Waals surface area contributed by atoms with Crippen molar-refractivity contribution in [1.82, 2.24) is 14.8 Å². The lowest BCUT2D eigenvalue weighted by atomic mass is 9.78. The lowest BCUT2D eigenvalue weighted by Gasteiger charge is -2.43. The van der Waals surface area contributed by atoms with E-state index in [4.69, 9.17) is 11.6 Å². The van der Waals surface area contributed by atoms with E-state index in [9.17, 15) is 27.9 Å². The van der Waals surface area contributed by atoms with Crippen molar-refractivity contribution < 1.29 is 27.9 Å². The van der Waals surface area contributed by atoms with Crippen LogP contribution in [0.1, 0.15) is 49.9 Å². The lowest BCUT2D eigenvalue weighted by Crippen LogP contribution is -2.62. The molecule has 2 fully saturated rings. The van der Waals surface area contributed by atoms with Crippen molar-refractivity contribution in [3.8, 4) is 0 Å². The van der Waals surface area contributed by atoms with Crippen molar-refractivity contribution >= 4 is 29.2 Å². The molecule has 2 aliphatic rings. The number of piperidine rings is 2. The average molecular weight is 519 g/mol. The highest BCUT2D eigenvalue weighted by Gasteiger charge is 2.62. The summed E-state index contributed by atoms with van der Waals surface area (Å²) < 4.78 is 40.5. The zero-order valence-electron chi connectivity index (χ0n) is 20.6. The predicted molar refractivity (Wildman–Crippen MR) is 127 cm³/mol. The highest BCUT2D eigenvalue weighted by Crippen LogP contribution is 2.40. The maximum Gasteiger partial charge on any atom is 0.426 e. The molecule has 1 aromatic rings.